The standard InChI is InChI=1S/C7H8.C2HClF2O/c1-7-5-3-2-4-6-7;3-1(6)2(4)5/h2-6H,1H3;2H. The first kappa shape index (κ1) is 12.0. The first-order valence-corrected chi connectivity index (χ1v) is 3.91. The van der Waals surface area contributed by atoms with E-state index in [4.69, 9.17) is 4.79 Å². The van der Waals surface area contributed by atoms with E-state index >= 15 is 0 Å². The number of rotatable bonds is 1. The van der Waals surface area contributed by atoms with Gasteiger partial charge in [-0.15, -0.1) is 0 Å². The summed E-state index contributed by atoms with van der Waals surface area (Å²) in [6.45, 7) is 2.08. The molecular weight excluding hydrogens is 198 g/mol. The number of hydrogen-bond donors (Lipinski definition) is 0. The zero-order chi connectivity index (χ0) is 10.3. The molecule has 0 radical (unpaired) electrons. The summed E-state index contributed by atoms with van der Waals surface area (Å²) in [5.41, 5.74) is 1.32. The summed E-state index contributed by atoms with van der Waals surface area (Å²) >= 11 is 4.22. The van der Waals surface area contributed by atoms with Crippen molar-refractivity contribution in [3.8, 4) is 0 Å². The zero-order valence-corrected chi connectivity index (χ0v) is 7.76. The largest absolute Gasteiger partial charge is 0.310 e. The van der Waals surface area contributed by atoms with Crippen LogP contribution in [0.15, 0.2) is 30.3 Å². The van der Waals surface area contributed by atoms with Crippen molar-refractivity contribution in [3.63, 3.8) is 0 Å². The summed E-state index contributed by atoms with van der Waals surface area (Å²) in [7, 11) is 0. The molecule has 0 aliphatic heterocycles. The normalized spacial score (nSPS) is 9.00. The molecule has 0 spiro atoms. The third-order valence-corrected chi connectivity index (χ3v) is 1.28. The fourth-order valence-electron chi connectivity index (χ4n) is 0.534. The lowest BCUT2D eigenvalue weighted by Gasteiger charge is -1.82. The summed E-state index contributed by atoms with van der Waals surface area (Å²) in [6, 6.07) is 10.3. The lowest BCUT2D eigenvalue weighted by atomic mass is 10.2. The van der Waals surface area contributed by atoms with Crippen LogP contribution in [0.1, 0.15) is 5.56 Å². The van der Waals surface area contributed by atoms with Gasteiger partial charge in [-0.2, -0.15) is 0 Å². The molecule has 1 aromatic rings. The second-order valence-electron chi connectivity index (χ2n) is 2.26. The number of alkyl halides is 2. The van der Waals surface area contributed by atoms with Crippen LogP contribution in [0.25, 0.3) is 0 Å². The van der Waals surface area contributed by atoms with Gasteiger partial charge in [0, 0.05) is 0 Å². The summed E-state index contributed by atoms with van der Waals surface area (Å²) in [6.07, 6.45) is -3.02. The van der Waals surface area contributed by atoms with Crippen molar-refractivity contribution >= 4 is 16.8 Å². The Morgan fingerprint density at radius 3 is 1.85 bits per heavy atom. The summed E-state index contributed by atoms with van der Waals surface area (Å²) in [5, 5.41) is -1.60. The van der Waals surface area contributed by atoms with Crippen LogP contribution < -0.4 is 0 Å². The number of benzene rings is 1. The number of hydrogen-bond acceptors (Lipinski definition) is 1. The Balaban J connectivity index is 0.000000226. The van der Waals surface area contributed by atoms with E-state index in [0.29, 0.717) is 0 Å². The molecule has 0 N–H and O–H groups in total. The van der Waals surface area contributed by atoms with Gasteiger partial charge < -0.3 is 0 Å². The summed E-state index contributed by atoms with van der Waals surface area (Å²) in [5.74, 6) is 0. The van der Waals surface area contributed by atoms with Crippen molar-refractivity contribution in [2.75, 3.05) is 0 Å². The molecule has 13 heavy (non-hydrogen) atoms. The molecule has 0 aliphatic rings. The average Bonchev–Trinajstić information content (AvgIpc) is 2.06. The second-order valence-corrected chi connectivity index (χ2v) is 2.63. The molecule has 0 amide bonds. The molecule has 1 aromatic carbocycles. The minimum absolute atomic E-state index is 1.32. The van der Waals surface area contributed by atoms with Gasteiger partial charge >= 0.3 is 6.43 Å². The van der Waals surface area contributed by atoms with Crippen molar-refractivity contribution in [3.05, 3.63) is 35.9 Å². The van der Waals surface area contributed by atoms with E-state index in [1.165, 1.54) is 5.56 Å². The monoisotopic (exact) mass is 206 g/mol. The molecule has 0 bridgehead atoms. The molecule has 0 saturated heterocycles. The molecule has 4 heteroatoms. The topological polar surface area (TPSA) is 17.1 Å². The van der Waals surface area contributed by atoms with Gasteiger partial charge in [-0.3, -0.25) is 4.79 Å². The van der Waals surface area contributed by atoms with E-state index in [2.05, 4.69) is 30.7 Å². The van der Waals surface area contributed by atoms with E-state index in [1.807, 2.05) is 18.2 Å². The van der Waals surface area contributed by atoms with Crippen molar-refractivity contribution < 1.29 is 13.6 Å². The summed E-state index contributed by atoms with van der Waals surface area (Å²) < 4.78 is 21.4. The van der Waals surface area contributed by atoms with Crippen LogP contribution in [0.5, 0.6) is 0 Å². The highest BCUT2D eigenvalue weighted by atomic mass is 35.5. The molecule has 0 saturated carbocycles. The highest BCUT2D eigenvalue weighted by Crippen LogP contribution is 1.95. The van der Waals surface area contributed by atoms with Gasteiger partial charge in [0.2, 0.25) is 0 Å². The van der Waals surface area contributed by atoms with E-state index in [1.54, 1.807) is 0 Å². The maximum Gasteiger partial charge on any atom is 0.310 e. The van der Waals surface area contributed by atoms with Gasteiger partial charge in [-0.1, -0.05) is 35.9 Å². The number of aryl methyl sites for hydroxylation is 1. The Morgan fingerprint density at radius 2 is 1.69 bits per heavy atom. The van der Waals surface area contributed by atoms with Crippen molar-refractivity contribution in [1.82, 2.24) is 0 Å². The van der Waals surface area contributed by atoms with Crippen LogP contribution in [0.2, 0.25) is 0 Å². The predicted molar refractivity (Wildman–Crippen MR) is 48.0 cm³/mol. The van der Waals surface area contributed by atoms with Crippen LogP contribution in [0, 0.1) is 6.92 Å². The van der Waals surface area contributed by atoms with E-state index in [9.17, 15) is 8.78 Å². The fourth-order valence-corrected chi connectivity index (χ4v) is 0.534. The summed E-state index contributed by atoms with van der Waals surface area (Å²) in [4.78, 5) is 9.16. The Kier molecular flexibility index (Phi) is 6.06. The molecule has 72 valence electrons. The molecule has 1 nitrogen and oxygen atoms in total. The second kappa shape index (κ2) is 6.54. The molecular formula is C9H9ClF2O. The minimum Gasteiger partial charge on any atom is -0.275 e. The molecule has 0 aromatic heterocycles. The Morgan fingerprint density at radius 1 is 1.31 bits per heavy atom. The lowest BCUT2D eigenvalue weighted by molar-refractivity contribution is -0.121. The third-order valence-electron chi connectivity index (χ3n) is 1.11. The van der Waals surface area contributed by atoms with Crippen LogP contribution in [0.3, 0.4) is 0 Å². The van der Waals surface area contributed by atoms with Crippen LogP contribution >= 0.6 is 11.6 Å². The highest BCUT2D eigenvalue weighted by Gasteiger charge is 2.09. The first-order valence-electron chi connectivity index (χ1n) is 3.53. The average molecular weight is 207 g/mol. The maximum absolute atomic E-state index is 10.7. The van der Waals surface area contributed by atoms with E-state index < -0.39 is 11.7 Å². The number of carbonyl (C=O) groups excluding carboxylic acids is 1. The van der Waals surface area contributed by atoms with Gasteiger partial charge in [0.15, 0.2) is 0 Å². The molecule has 0 atom stereocenters. The smallest absolute Gasteiger partial charge is 0.275 e. The van der Waals surface area contributed by atoms with Crippen LogP contribution in [-0.2, 0) is 4.79 Å². The highest BCUT2D eigenvalue weighted by molar-refractivity contribution is 6.64. The molecule has 0 heterocycles. The van der Waals surface area contributed by atoms with Gasteiger partial charge in [0.05, 0.1) is 0 Å². The van der Waals surface area contributed by atoms with Gasteiger partial charge in [-0.05, 0) is 18.5 Å². The van der Waals surface area contributed by atoms with E-state index in [0.717, 1.165) is 0 Å². The van der Waals surface area contributed by atoms with Crippen LogP contribution in [-0.4, -0.2) is 11.7 Å². The lowest BCUT2D eigenvalue weighted by Crippen LogP contribution is -1.98. The Bertz CT molecular complexity index is 249. The number of carbonyl (C=O) groups is 1. The molecule has 0 aliphatic carbocycles. The molecule has 1 rings (SSSR count). The van der Waals surface area contributed by atoms with Crippen molar-refractivity contribution in [2.24, 2.45) is 0 Å². The van der Waals surface area contributed by atoms with Crippen molar-refractivity contribution in [2.45, 2.75) is 13.3 Å². The quantitative estimate of drug-likeness (QED) is 0.646. The van der Waals surface area contributed by atoms with Gasteiger partial charge in [-0.25, -0.2) is 8.78 Å². The molecule has 0 fully saturated rings. The van der Waals surface area contributed by atoms with Gasteiger partial charge in [0.1, 0.15) is 0 Å². The zero-order valence-electron chi connectivity index (χ0n) is 7.01. The minimum atomic E-state index is -3.02. The SMILES string of the molecule is Cc1ccccc1.O=C(Cl)C(F)F. The fraction of sp³-hybridized carbons (Fsp3) is 0.222. The van der Waals surface area contributed by atoms with Crippen LogP contribution in [0.4, 0.5) is 8.78 Å². The number of halogens is 3. The maximum atomic E-state index is 10.7. The third kappa shape index (κ3) is 7.40. The molecule has 0 unspecified atom stereocenters. The predicted octanol–water partition coefficient (Wildman–Crippen LogP) is 3.01. The van der Waals surface area contributed by atoms with E-state index in [-0.39, 0.29) is 0 Å². The van der Waals surface area contributed by atoms with Crippen molar-refractivity contribution in [1.29, 1.82) is 0 Å². The first-order chi connectivity index (χ1) is 6.04. The van der Waals surface area contributed by atoms with Gasteiger partial charge in [0.25, 0.3) is 5.24 Å². The Hall–Kier alpha value is -0.960. The Labute approximate surface area is 80.3 Å².